The zero-order valence-electron chi connectivity index (χ0n) is 40.0. The van der Waals surface area contributed by atoms with Crippen LogP contribution < -0.4 is 0 Å². The summed E-state index contributed by atoms with van der Waals surface area (Å²) in [4.78, 5) is 11.3. The minimum atomic E-state index is -0.629. The van der Waals surface area contributed by atoms with Gasteiger partial charge in [0, 0.05) is 16.7 Å². The molecule has 1 heterocycles. The lowest BCUT2D eigenvalue weighted by atomic mass is 9.65. The number of aromatic nitrogens is 2. The molecular weight excluding hydrogens is 881 g/mol. The maximum atomic E-state index is 5.68. The average Bonchev–Trinajstić information content (AvgIpc) is 3.73. The molecule has 0 atom stereocenters. The summed E-state index contributed by atoms with van der Waals surface area (Å²) in [6.07, 6.45) is 0. The van der Waals surface area contributed by atoms with E-state index in [0.717, 1.165) is 72.6 Å². The Morgan fingerprint density at radius 1 is 0.192 bits per heavy atom. The predicted molar refractivity (Wildman–Crippen MR) is 302 cm³/mol. The molecule has 0 saturated heterocycles. The Balaban J connectivity index is 1.06. The summed E-state index contributed by atoms with van der Waals surface area (Å²) in [6, 6.07) is 102. The van der Waals surface area contributed by atoms with Crippen LogP contribution in [0.15, 0.2) is 279 Å². The van der Waals surface area contributed by atoms with Gasteiger partial charge < -0.3 is 0 Å². The predicted octanol–water partition coefficient (Wildman–Crippen LogP) is 18.2. The summed E-state index contributed by atoms with van der Waals surface area (Å²) in [5.41, 5.74) is 25.6. The van der Waals surface area contributed by atoms with Crippen LogP contribution in [0, 0.1) is 0 Å². The summed E-state index contributed by atoms with van der Waals surface area (Å²) in [5.74, 6) is 0.658. The number of fused-ring (bicyclic) bond motifs is 12. The molecule has 11 aromatic carbocycles. The molecule has 340 valence electrons. The monoisotopic (exact) mass is 926 g/mol. The van der Waals surface area contributed by atoms with Crippen molar-refractivity contribution in [1.82, 2.24) is 9.97 Å². The molecule has 0 bridgehead atoms. The average molecular weight is 927 g/mol. The fourth-order valence-corrected chi connectivity index (χ4v) is 11.8. The highest BCUT2D eigenvalue weighted by atomic mass is 14.9. The van der Waals surface area contributed by atoms with Gasteiger partial charge in [-0.3, -0.25) is 0 Å². The SMILES string of the molecule is c1ccc(-c2cc(-c3ccccc3)cc(-c3cc(-c4ccc5c(c4)C4(c6ccccc6-c6ccccc6-5)c5ccccc5-c5ccccc54)nc(-c4cc(-c5ccccc5)cc(-c5ccccc5)c4)n3)c2)cc1. The lowest BCUT2D eigenvalue weighted by molar-refractivity contribution is 0.775. The quantitative estimate of drug-likeness (QED) is 0.159. The van der Waals surface area contributed by atoms with Crippen LogP contribution in [0.1, 0.15) is 22.3 Å². The van der Waals surface area contributed by atoms with E-state index in [-0.39, 0.29) is 0 Å². The van der Waals surface area contributed by atoms with E-state index in [1.165, 1.54) is 55.6 Å². The lowest BCUT2D eigenvalue weighted by Crippen LogP contribution is -2.29. The van der Waals surface area contributed by atoms with Crippen LogP contribution in [-0.4, -0.2) is 9.97 Å². The molecule has 2 nitrogen and oxygen atoms in total. The molecule has 1 aromatic heterocycles. The van der Waals surface area contributed by atoms with Crippen LogP contribution in [0.5, 0.6) is 0 Å². The van der Waals surface area contributed by atoms with Gasteiger partial charge in [0.05, 0.1) is 16.8 Å². The van der Waals surface area contributed by atoms with Crippen molar-refractivity contribution < 1.29 is 0 Å². The van der Waals surface area contributed by atoms with E-state index >= 15 is 0 Å². The zero-order chi connectivity index (χ0) is 48.3. The van der Waals surface area contributed by atoms with Crippen molar-refractivity contribution >= 4 is 0 Å². The van der Waals surface area contributed by atoms with Crippen molar-refractivity contribution in [3.63, 3.8) is 0 Å². The van der Waals surface area contributed by atoms with Crippen molar-refractivity contribution in [2.45, 2.75) is 5.41 Å². The Kier molecular flexibility index (Phi) is 10.1. The van der Waals surface area contributed by atoms with Gasteiger partial charge in [-0.05, 0) is 149 Å². The van der Waals surface area contributed by atoms with Crippen molar-refractivity contribution in [2.75, 3.05) is 0 Å². The first-order chi connectivity index (χ1) is 36.2. The summed E-state index contributed by atoms with van der Waals surface area (Å²) >= 11 is 0. The van der Waals surface area contributed by atoms with Crippen LogP contribution in [0.4, 0.5) is 0 Å². The molecule has 12 aromatic rings. The molecule has 1 spiro atoms. The largest absolute Gasteiger partial charge is 0.228 e. The standard InChI is InChI=1S/C71H46N2/c1-5-21-47(22-6-1)52-39-53(48-23-7-2-8-24-48)42-56(41-52)69-46-68(72-70(73-69)57-43-54(49-25-9-3-10-26-49)40-55(44-57)50-27-11-4-12-28-50)51-37-38-63-59-30-14-13-29-58(59)60-31-15-18-34-64(60)71(67(63)45-51)65-35-19-16-32-61(65)62-33-17-20-36-66(62)71/h1-46H. The molecular formula is C71H46N2. The normalized spacial score (nSPS) is 12.5. The molecule has 14 rings (SSSR count). The Hall–Kier alpha value is -9.50. The van der Waals surface area contributed by atoms with Gasteiger partial charge >= 0.3 is 0 Å². The molecule has 0 saturated carbocycles. The first-order valence-electron chi connectivity index (χ1n) is 25.1. The molecule has 73 heavy (non-hydrogen) atoms. The van der Waals surface area contributed by atoms with E-state index in [9.17, 15) is 0 Å². The second-order valence-corrected chi connectivity index (χ2v) is 19.2. The highest BCUT2D eigenvalue weighted by molar-refractivity contribution is 5.98. The number of rotatable bonds is 7. The molecule has 0 radical (unpaired) electrons. The van der Waals surface area contributed by atoms with Gasteiger partial charge in [-0.15, -0.1) is 0 Å². The molecule has 0 aliphatic heterocycles. The second kappa shape index (κ2) is 17.4. The molecule has 2 heteroatoms. The number of hydrogen-bond donors (Lipinski definition) is 0. The second-order valence-electron chi connectivity index (χ2n) is 19.2. The summed E-state index contributed by atoms with van der Waals surface area (Å²) in [5, 5.41) is 0. The molecule has 2 aliphatic rings. The van der Waals surface area contributed by atoms with E-state index in [1.54, 1.807) is 0 Å². The molecule has 0 unspecified atom stereocenters. The van der Waals surface area contributed by atoms with Gasteiger partial charge in [-0.2, -0.15) is 0 Å². The Labute approximate surface area is 426 Å². The van der Waals surface area contributed by atoms with E-state index in [2.05, 4.69) is 279 Å². The lowest BCUT2D eigenvalue weighted by Gasteiger charge is -2.35. The molecule has 0 amide bonds. The fraction of sp³-hybridized carbons (Fsp3) is 0.0141. The van der Waals surface area contributed by atoms with Gasteiger partial charge in [0.2, 0.25) is 0 Å². The summed E-state index contributed by atoms with van der Waals surface area (Å²) < 4.78 is 0. The van der Waals surface area contributed by atoms with Gasteiger partial charge in [-0.25, -0.2) is 9.97 Å². The van der Waals surface area contributed by atoms with E-state index < -0.39 is 5.41 Å². The highest BCUT2D eigenvalue weighted by Gasteiger charge is 2.49. The van der Waals surface area contributed by atoms with Crippen molar-refractivity contribution in [1.29, 1.82) is 0 Å². The van der Waals surface area contributed by atoms with E-state index in [1.807, 2.05) is 0 Å². The van der Waals surface area contributed by atoms with Crippen molar-refractivity contribution in [3.05, 3.63) is 301 Å². The first kappa shape index (κ1) is 42.4. The smallest absolute Gasteiger partial charge is 0.160 e. The van der Waals surface area contributed by atoms with Crippen molar-refractivity contribution in [2.24, 2.45) is 0 Å². The van der Waals surface area contributed by atoms with Crippen LogP contribution in [0.2, 0.25) is 0 Å². The fourth-order valence-electron chi connectivity index (χ4n) is 11.8. The Morgan fingerprint density at radius 2 is 0.507 bits per heavy atom. The number of hydrogen-bond acceptors (Lipinski definition) is 2. The maximum Gasteiger partial charge on any atom is 0.160 e. The minimum Gasteiger partial charge on any atom is -0.228 e. The maximum absolute atomic E-state index is 5.68. The van der Waals surface area contributed by atoms with Gasteiger partial charge in [0.15, 0.2) is 5.82 Å². The molecule has 2 aliphatic carbocycles. The van der Waals surface area contributed by atoms with Gasteiger partial charge in [-0.1, -0.05) is 231 Å². The Morgan fingerprint density at radius 3 is 0.932 bits per heavy atom. The minimum absolute atomic E-state index is 0.629. The highest BCUT2D eigenvalue weighted by Crippen LogP contribution is 2.61. The topological polar surface area (TPSA) is 25.8 Å². The van der Waals surface area contributed by atoms with Gasteiger partial charge in [0.25, 0.3) is 0 Å². The third kappa shape index (κ3) is 7.10. The number of nitrogens with zero attached hydrogens (tertiary/aromatic N) is 2. The van der Waals surface area contributed by atoms with Crippen LogP contribution >= 0.6 is 0 Å². The number of benzene rings is 11. The van der Waals surface area contributed by atoms with Crippen LogP contribution in [0.25, 0.3) is 112 Å². The van der Waals surface area contributed by atoms with Crippen LogP contribution in [-0.2, 0) is 5.41 Å². The Bertz CT molecular complexity index is 3760. The molecule has 0 fully saturated rings. The molecule has 0 N–H and O–H groups in total. The van der Waals surface area contributed by atoms with Gasteiger partial charge in [0.1, 0.15) is 0 Å². The van der Waals surface area contributed by atoms with Crippen molar-refractivity contribution in [3.8, 4) is 112 Å². The van der Waals surface area contributed by atoms with E-state index in [4.69, 9.17) is 9.97 Å². The third-order valence-corrected chi connectivity index (χ3v) is 15.1. The van der Waals surface area contributed by atoms with E-state index in [0.29, 0.717) is 5.82 Å². The third-order valence-electron chi connectivity index (χ3n) is 15.1. The zero-order valence-corrected chi connectivity index (χ0v) is 40.0. The summed E-state index contributed by atoms with van der Waals surface area (Å²) in [6.45, 7) is 0. The van der Waals surface area contributed by atoms with Crippen LogP contribution in [0.3, 0.4) is 0 Å². The summed E-state index contributed by atoms with van der Waals surface area (Å²) in [7, 11) is 0. The first-order valence-corrected chi connectivity index (χ1v) is 25.1.